The summed E-state index contributed by atoms with van der Waals surface area (Å²) in [6.45, 7) is 3.77. The number of ether oxygens (including phenoxy) is 1. The van der Waals surface area contributed by atoms with Crippen LogP contribution in [0.25, 0.3) is 10.9 Å². The van der Waals surface area contributed by atoms with Crippen LogP contribution in [-0.2, 0) is 9.53 Å². The highest BCUT2D eigenvalue weighted by molar-refractivity contribution is 8.17. The summed E-state index contributed by atoms with van der Waals surface area (Å²) in [6.07, 6.45) is 1.69. The summed E-state index contributed by atoms with van der Waals surface area (Å²) in [5, 5.41) is 1.21. The fourth-order valence-corrected chi connectivity index (χ4v) is 3.65. The van der Waals surface area contributed by atoms with E-state index in [1.165, 1.54) is 18.9 Å². The maximum atomic E-state index is 12.7. The Hall–Kier alpha value is -2.08. The van der Waals surface area contributed by atoms with E-state index in [0.29, 0.717) is 10.6 Å². The Morgan fingerprint density at radius 1 is 1.32 bits per heavy atom. The predicted molar refractivity (Wildman–Crippen MR) is 87.5 cm³/mol. The highest BCUT2D eigenvalue weighted by Gasteiger charge is 2.45. The van der Waals surface area contributed by atoms with Gasteiger partial charge in [0.2, 0.25) is 5.78 Å². The zero-order valence-electron chi connectivity index (χ0n) is 12.5. The summed E-state index contributed by atoms with van der Waals surface area (Å²) < 4.78 is 4.29. The Morgan fingerprint density at radius 3 is 2.77 bits per heavy atom. The van der Waals surface area contributed by atoms with Crippen LogP contribution in [0.4, 0.5) is 0 Å². The van der Waals surface area contributed by atoms with E-state index in [-0.39, 0.29) is 5.78 Å². The fourth-order valence-electron chi connectivity index (χ4n) is 2.53. The fraction of sp³-hybridized carbons (Fsp3) is 0.312. The van der Waals surface area contributed by atoms with E-state index in [1.807, 2.05) is 38.1 Å². The minimum Gasteiger partial charge on any atom is -0.467 e. The molecule has 2 aromatic rings. The number of nitrogens with zero attached hydrogens (tertiary/aromatic N) is 1. The predicted octanol–water partition coefficient (Wildman–Crippen LogP) is 2.82. The number of methoxy groups -OCH3 is 1. The second-order valence-electron chi connectivity index (χ2n) is 5.64. The standard InChI is InChI=1S/C16H16N2O3S/c1-16(2)13(15(20)21-3)18-14(22-16)12(19)10-8-17-11-7-5-4-6-9(10)11/h4-8,13,17H,1-3H3. The highest BCUT2D eigenvalue weighted by atomic mass is 32.2. The quantitative estimate of drug-likeness (QED) is 0.698. The number of esters is 1. The molecule has 1 unspecified atom stereocenters. The molecule has 1 N–H and O–H groups in total. The molecule has 1 aromatic carbocycles. The van der Waals surface area contributed by atoms with Crippen molar-refractivity contribution in [2.75, 3.05) is 7.11 Å². The molecule has 1 aliphatic heterocycles. The van der Waals surface area contributed by atoms with Gasteiger partial charge in [0.1, 0.15) is 5.04 Å². The molecule has 0 radical (unpaired) electrons. The number of benzene rings is 1. The van der Waals surface area contributed by atoms with Crippen molar-refractivity contribution >= 4 is 39.5 Å². The van der Waals surface area contributed by atoms with Gasteiger partial charge in [-0.15, -0.1) is 0 Å². The number of fused-ring (bicyclic) bond motifs is 1. The van der Waals surface area contributed by atoms with Crippen LogP contribution in [0.15, 0.2) is 35.5 Å². The number of hydrogen-bond acceptors (Lipinski definition) is 5. The van der Waals surface area contributed by atoms with Gasteiger partial charge in [-0.25, -0.2) is 4.79 Å². The molecular formula is C16H16N2O3S. The van der Waals surface area contributed by atoms with Crippen LogP contribution in [0, 0.1) is 0 Å². The smallest absolute Gasteiger partial charge is 0.332 e. The first-order valence-corrected chi connectivity index (χ1v) is 7.71. The summed E-state index contributed by atoms with van der Waals surface area (Å²) in [5.41, 5.74) is 1.47. The van der Waals surface area contributed by atoms with E-state index < -0.39 is 16.8 Å². The first-order valence-electron chi connectivity index (χ1n) is 6.89. The van der Waals surface area contributed by atoms with Crippen molar-refractivity contribution in [3.8, 4) is 0 Å². The molecular weight excluding hydrogens is 300 g/mol. The van der Waals surface area contributed by atoms with Gasteiger partial charge in [0.05, 0.1) is 12.7 Å². The van der Waals surface area contributed by atoms with Gasteiger partial charge in [0.15, 0.2) is 6.04 Å². The number of para-hydroxylation sites is 1. The third kappa shape index (κ3) is 2.33. The van der Waals surface area contributed by atoms with Crippen molar-refractivity contribution in [1.29, 1.82) is 0 Å². The second kappa shape index (κ2) is 5.28. The van der Waals surface area contributed by atoms with Crippen LogP contribution in [0.3, 0.4) is 0 Å². The van der Waals surface area contributed by atoms with E-state index in [2.05, 4.69) is 9.98 Å². The molecule has 0 bridgehead atoms. The number of nitrogens with one attached hydrogen (secondary N) is 1. The van der Waals surface area contributed by atoms with Gasteiger partial charge in [-0.05, 0) is 19.9 Å². The monoisotopic (exact) mass is 316 g/mol. The van der Waals surface area contributed by atoms with Gasteiger partial charge in [0.25, 0.3) is 0 Å². The van der Waals surface area contributed by atoms with Gasteiger partial charge >= 0.3 is 5.97 Å². The topological polar surface area (TPSA) is 71.5 Å². The van der Waals surface area contributed by atoms with Gasteiger partial charge < -0.3 is 9.72 Å². The molecule has 0 saturated carbocycles. The van der Waals surface area contributed by atoms with Gasteiger partial charge in [-0.1, -0.05) is 30.0 Å². The van der Waals surface area contributed by atoms with Gasteiger partial charge in [-0.3, -0.25) is 9.79 Å². The van der Waals surface area contributed by atoms with Crippen molar-refractivity contribution < 1.29 is 14.3 Å². The summed E-state index contributed by atoms with van der Waals surface area (Å²) >= 11 is 1.32. The molecule has 5 nitrogen and oxygen atoms in total. The van der Waals surface area contributed by atoms with E-state index in [0.717, 1.165) is 10.9 Å². The van der Waals surface area contributed by atoms with E-state index in [4.69, 9.17) is 4.74 Å². The lowest BCUT2D eigenvalue weighted by Gasteiger charge is -2.21. The Balaban J connectivity index is 1.98. The summed E-state index contributed by atoms with van der Waals surface area (Å²) in [4.78, 5) is 32.0. The summed E-state index contributed by atoms with van der Waals surface area (Å²) in [7, 11) is 1.33. The number of ketones is 1. The van der Waals surface area contributed by atoms with Crippen molar-refractivity contribution in [3.63, 3.8) is 0 Å². The number of aromatic amines is 1. The number of thioether (sulfide) groups is 1. The summed E-state index contributed by atoms with van der Waals surface area (Å²) in [5.74, 6) is -0.582. The molecule has 0 aliphatic carbocycles. The molecule has 0 amide bonds. The number of aromatic nitrogens is 1. The molecule has 22 heavy (non-hydrogen) atoms. The van der Waals surface area contributed by atoms with Gasteiger partial charge in [0, 0.05) is 21.8 Å². The average molecular weight is 316 g/mol. The Labute approximate surface area is 132 Å². The number of aliphatic imine (C=N–C) groups is 1. The van der Waals surface area contributed by atoms with Crippen molar-refractivity contribution in [1.82, 2.24) is 4.98 Å². The second-order valence-corrected chi connectivity index (χ2v) is 7.29. The van der Waals surface area contributed by atoms with Crippen LogP contribution in [-0.4, -0.2) is 39.7 Å². The number of H-pyrrole nitrogens is 1. The maximum Gasteiger partial charge on any atom is 0.332 e. The van der Waals surface area contributed by atoms with E-state index in [9.17, 15) is 9.59 Å². The van der Waals surface area contributed by atoms with Crippen LogP contribution in [0.5, 0.6) is 0 Å². The van der Waals surface area contributed by atoms with Crippen LogP contribution in [0.1, 0.15) is 24.2 Å². The van der Waals surface area contributed by atoms with Crippen molar-refractivity contribution in [2.24, 2.45) is 4.99 Å². The minimum atomic E-state index is -0.661. The lowest BCUT2D eigenvalue weighted by Crippen LogP contribution is -2.35. The van der Waals surface area contributed by atoms with Crippen molar-refractivity contribution in [2.45, 2.75) is 24.6 Å². The first-order chi connectivity index (χ1) is 10.4. The minimum absolute atomic E-state index is 0.165. The SMILES string of the molecule is COC(=O)C1N=C(C(=O)c2c[nH]c3ccccc23)SC1(C)C. The van der Waals surface area contributed by atoms with E-state index >= 15 is 0 Å². The molecule has 114 valence electrons. The molecule has 1 aromatic heterocycles. The lowest BCUT2D eigenvalue weighted by molar-refractivity contribution is -0.142. The van der Waals surface area contributed by atoms with Crippen molar-refractivity contribution in [3.05, 3.63) is 36.0 Å². The molecule has 6 heteroatoms. The zero-order valence-corrected chi connectivity index (χ0v) is 13.4. The number of hydrogen-bond donors (Lipinski definition) is 1. The zero-order chi connectivity index (χ0) is 15.9. The Bertz CT molecular complexity index is 792. The van der Waals surface area contributed by atoms with E-state index in [1.54, 1.807) is 6.20 Å². The lowest BCUT2D eigenvalue weighted by atomic mass is 10.0. The molecule has 1 atom stereocenters. The number of Topliss-reactive ketones (excluding diaryl/α,β-unsaturated/α-hetero) is 1. The number of rotatable bonds is 3. The molecule has 1 aliphatic rings. The first kappa shape index (κ1) is 14.8. The van der Waals surface area contributed by atoms with Crippen LogP contribution < -0.4 is 0 Å². The Kier molecular flexibility index (Phi) is 3.56. The maximum absolute atomic E-state index is 12.7. The molecule has 2 heterocycles. The number of carbonyl (C=O) groups excluding carboxylic acids is 2. The molecule has 3 rings (SSSR count). The average Bonchev–Trinajstić information content (AvgIpc) is 3.06. The molecule has 0 saturated heterocycles. The highest BCUT2D eigenvalue weighted by Crippen LogP contribution is 2.39. The largest absolute Gasteiger partial charge is 0.467 e. The normalized spacial score (nSPS) is 20.0. The number of carbonyl (C=O) groups is 2. The third-order valence-corrected chi connectivity index (χ3v) is 4.95. The molecule has 0 fully saturated rings. The van der Waals surface area contributed by atoms with Crippen LogP contribution in [0.2, 0.25) is 0 Å². The van der Waals surface area contributed by atoms with Gasteiger partial charge in [-0.2, -0.15) is 0 Å². The summed E-state index contributed by atoms with van der Waals surface area (Å²) in [6, 6.07) is 6.94. The van der Waals surface area contributed by atoms with Crippen LogP contribution >= 0.6 is 11.8 Å². The molecule has 0 spiro atoms. The Morgan fingerprint density at radius 2 is 2.05 bits per heavy atom. The third-order valence-electron chi connectivity index (χ3n) is 3.72.